The Balaban J connectivity index is 0.000000855. The number of carbonyl (C=O) groups excluding carboxylic acids is 1. The van der Waals surface area contributed by atoms with Crippen molar-refractivity contribution in [2.75, 3.05) is 6.61 Å². The lowest BCUT2D eigenvalue weighted by Crippen LogP contribution is -2.28. The van der Waals surface area contributed by atoms with Crippen molar-refractivity contribution in [3.05, 3.63) is 69.6 Å². The Bertz CT molecular complexity index is 934. The molecule has 2 aromatic carbocycles. The monoisotopic (exact) mass is 388 g/mol. The number of ether oxygens (including phenoxy) is 1. The van der Waals surface area contributed by atoms with E-state index in [-0.39, 0.29) is 12.3 Å². The Hall–Kier alpha value is -2.66. The number of hydrogen-bond acceptors (Lipinski definition) is 4. The zero-order valence-electron chi connectivity index (χ0n) is 16.3. The largest absolute Gasteiger partial charge is 0.461 e. The molecular formula is C21H25ClN2O3. The van der Waals surface area contributed by atoms with E-state index in [1.807, 2.05) is 27.7 Å². The third kappa shape index (κ3) is 5.17. The molecule has 5 nitrogen and oxygen atoms in total. The molecule has 3 aromatic rings. The standard InChI is InChI=1S/C17H13ClN2O3.2C2H6/c1-2-23-17(22)15-16(21)20(12-9-7-11(18)8-10-12)14-6-4-3-5-13(14)19-15;2*1-2/h3-10H,2H2,1H3;2*1-2H3. The maximum Gasteiger partial charge on any atom is 0.362 e. The molecule has 0 unspecified atom stereocenters. The van der Waals surface area contributed by atoms with Crippen LogP contribution in [0.15, 0.2) is 53.3 Å². The van der Waals surface area contributed by atoms with Gasteiger partial charge in [0.2, 0.25) is 5.69 Å². The Morgan fingerprint density at radius 1 is 1.04 bits per heavy atom. The minimum absolute atomic E-state index is 0.174. The van der Waals surface area contributed by atoms with Crippen LogP contribution in [-0.2, 0) is 4.74 Å². The first-order chi connectivity index (χ1) is 13.1. The first-order valence-corrected chi connectivity index (χ1v) is 9.44. The zero-order chi connectivity index (χ0) is 20.4. The van der Waals surface area contributed by atoms with E-state index in [1.165, 1.54) is 4.57 Å². The van der Waals surface area contributed by atoms with Gasteiger partial charge in [-0.05, 0) is 43.3 Å². The van der Waals surface area contributed by atoms with Gasteiger partial charge in [0.25, 0.3) is 5.56 Å². The second-order valence-corrected chi connectivity index (χ2v) is 5.22. The molecule has 0 bridgehead atoms. The van der Waals surface area contributed by atoms with E-state index >= 15 is 0 Å². The average Bonchev–Trinajstić information content (AvgIpc) is 2.72. The highest BCUT2D eigenvalue weighted by Crippen LogP contribution is 2.18. The lowest BCUT2D eigenvalue weighted by molar-refractivity contribution is 0.0517. The SMILES string of the molecule is CC.CC.CCOC(=O)c1nc2ccccc2n(-c2ccc(Cl)cc2)c1=O. The van der Waals surface area contributed by atoms with E-state index in [4.69, 9.17) is 16.3 Å². The van der Waals surface area contributed by atoms with Crippen LogP contribution in [0, 0.1) is 0 Å². The number of para-hydroxylation sites is 2. The molecule has 1 heterocycles. The van der Waals surface area contributed by atoms with Gasteiger partial charge in [-0.25, -0.2) is 9.78 Å². The topological polar surface area (TPSA) is 61.2 Å². The number of nitrogens with zero attached hydrogens (tertiary/aromatic N) is 2. The Labute approximate surface area is 164 Å². The molecule has 0 fully saturated rings. The van der Waals surface area contributed by atoms with Crippen molar-refractivity contribution in [1.82, 2.24) is 9.55 Å². The maximum absolute atomic E-state index is 12.8. The van der Waals surface area contributed by atoms with Crippen LogP contribution >= 0.6 is 11.6 Å². The first kappa shape index (κ1) is 22.4. The summed E-state index contributed by atoms with van der Waals surface area (Å²) < 4.78 is 6.37. The minimum Gasteiger partial charge on any atom is -0.461 e. The van der Waals surface area contributed by atoms with Gasteiger partial charge in [-0.3, -0.25) is 9.36 Å². The average molecular weight is 389 g/mol. The van der Waals surface area contributed by atoms with Gasteiger partial charge >= 0.3 is 5.97 Å². The van der Waals surface area contributed by atoms with Crippen LogP contribution in [0.4, 0.5) is 0 Å². The summed E-state index contributed by atoms with van der Waals surface area (Å²) in [5, 5.41) is 0.561. The molecule has 0 amide bonds. The Morgan fingerprint density at radius 2 is 1.63 bits per heavy atom. The highest BCUT2D eigenvalue weighted by Gasteiger charge is 2.19. The fourth-order valence-electron chi connectivity index (χ4n) is 2.31. The van der Waals surface area contributed by atoms with E-state index in [0.717, 1.165) is 0 Å². The van der Waals surface area contributed by atoms with Crippen molar-refractivity contribution in [3.8, 4) is 5.69 Å². The molecule has 0 aliphatic heterocycles. The second-order valence-electron chi connectivity index (χ2n) is 4.79. The van der Waals surface area contributed by atoms with E-state index in [2.05, 4.69) is 4.98 Å². The molecule has 0 aliphatic carbocycles. The number of aromatic nitrogens is 2. The number of carbonyl (C=O) groups is 1. The van der Waals surface area contributed by atoms with Crippen molar-refractivity contribution in [3.63, 3.8) is 0 Å². The second kappa shape index (κ2) is 11.1. The van der Waals surface area contributed by atoms with Crippen LogP contribution in [-0.4, -0.2) is 22.1 Å². The smallest absolute Gasteiger partial charge is 0.362 e. The van der Waals surface area contributed by atoms with Gasteiger partial charge in [-0.2, -0.15) is 0 Å². The fourth-order valence-corrected chi connectivity index (χ4v) is 2.44. The zero-order valence-corrected chi connectivity index (χ0v) is 17.1. The Kier molecular flexibility index (Phi) is 9.23. The molecule has 0 atom stereocenters. The number of hydrogen-bond donors (Lipinski definition) is 0. The van der Waals surface area contributed by atoms with Gasteiger partial charge in [0.15, 0.2) is 0 Å². The summed E-state index contributed by atoms with van der Waals surface area (Å²) in [6.45, 7) is 9.85. The normalized spacial score (nSPS) is 9.56. The number of rotatable bonds is 3. The van der Waals surface area contributed by atoms with Crippen molar-refractivity contribution < 1.29 is 9.53 Å². The lowest BCUT2D eigenvalue weighted by Gasteiger charge is -2.12. The fraction of sp³-hybridized carbons (Fsp3) is 0.286. The maximum atomic E-state index is 12.8. The third-order valence-electron chi connectivity index (χ3n) is 3.31. The molecule has 3 rings (SSSR count). The molecule has 27 heavy (non-hydrogen) atoms. The third-order valence-corrected chi connectivity index (χ3v) is 3.57. The van der Waals surface area contributed by atoms with Crippen molar-refractivity contribution in [1.29, 1.82) is 0 Å². The van der Waals surface area contributed by atoms with E-state index in [9.17, 15) is 9.59 Å². The highest BCUT2D eigenvalue weighted by atomic mass is 35.5. The van der Waals surface area contributed by atoms with Gasteiger partial charge in [0.05, 0.1) is 17.6 Å². The van der Waals surface area contributed by atoms with Crippen LogP contribution in [0.3, 0.4) is 0 Å². The van der Waals surface area contributed by atoms with Crippen LogP contribution in [0.25, 0.3) is 16.7 Å². The molecule has 6 heteroatoms. The first-order valence-electron chi connectivity index (χ1n) is 9.06. The van der Waals surface area contributed by atoms with Crippen molar-refractivity contribution in [2.24, 2.45) is 0 Å². The van der Waals surface area contributed by atoms with Crippen LogP contribution < -0.4 is 5.56 Å². The number of halogens is 1. The summed E-state index contributed by atoms with van der Waals surface area (Å²) in [5.74, 6) is -0.731. The molecule has 0 saturated heterocycles. The van der Waals surface area contributed by atoms with Gasteiger partial charge in [-0.1, -0.05) is 51.4 Å². The molecule has 0 saturated carbocycles. The molecular weight excluding hydrogens is 364 g/mol. The molecule has 0 N–H and O–H groups in total. The van der Waals surface area contributed by atoms with Gasteiger partial charge < -0.3 is 4.74 Å². The Morgan fingerprint density at radius 3 is 2.22 bits per heavy atom. The summed E-state index contributed by atoms with van der Waals surface area (Å²) in [7, 11) is 0. The number of fused-ring (bicyclic) bond motifs is 1. The van der Waals surface area contributed by atoms with Gasteiger partial charge in [-0.15, -0.1) is 0 Å². The van der Waals surface area contributed by atoms with Gasteiger partial charge in [0.1, 0.15) is 0 Å². The van der Waals surface area contributed by atoms with Crippen molar-refractivity contribution >= 4 is 28.6 Å². The molecule has 0 aliphatic rings. The summed E-state index contributed by atoms with van der Waals surface area (Å²) in [6, 6.07) is 13.9. The molecule has 144 valence electrons. The van der Waals surface area contributed by atoms with Gasteiger partial charge in [0, 0.05) is 10.7 Å². The van der Waals surface area contributed by atoms with Crippen LogP contribution in [0.2, 0.25) is 5.02 Å². The minimum atomic E-state index is -0.731. The molecule has 0 radical (unpaired) electrons. The molecule has 1 aromatic heterocycles. The predicted molar refractivity (Wildman–Crippen MR) is 111 cm³/mol. The molecule has 0 spiro atoms. The number of esters is 1. The van der Waals surface area contributed by atoms with E-state index in [1.54, 1.807) is 55.5 Å². The summed E-state index contributed by atoms with van der Waals surface area (Å²) in [5.41, 5.74) is 0.978. The number of benzene rings is 2. The van der Waals surface area contributed by atoms with E-state index < -0.39 is 11.5 Å². The van der Waals surface area contributed by atoms with Crippen molar-refractivity contribution in [2.45, 2.75) is 34.6 Å². The van der Waals surface area contributed by atoms with Crippen LogP contribution in [0.1, 0.15) is 45.1 Å². The quantitative estimate of drug-likeness (QED) is 0.573. The predicted octanol–water partition coefficient (Wildman–Crippen LogP) is 5.27. The van der Waals surface area contributed by atoms with E-state index in [0.29, 0.717) is 21.7 Å². The summed E-state index contributed by atoms with van der Waals surface area (Å²) in [4.78, 5) is 28.9. The summed E-state index contributed by atoms with van der Waals surface area (Å²) >= 11 is 5.91. The highest BCUT2D eigenvalue weighted by molar-refractivity contribution is 6.30. The summed E-state index contributed by atoms with van der Waals surface area (Å²) in [6.07, 6.45) is 0. The lowest BCUT2D eigenvalue weighted by atomic mass is 10.2. The van der Waals surface area contributed by atoms with Crippen LogP contribution in [0.5, 0.6) is 0 Å².